The molecule has 1 aromatic carbocycles. The minimum atomic E-state index is 0.728. The summed E-state index contributed by atoms with van der Waals surface area (Å²) in [6.07, 6.45) is 6.55. The lowest BCUT2D eigenvalue weighted by molar-refractivity contribution is 0.389. The molecule has 0 radical (unpaired) electrons. The highest BCUT2D eigenvalue weighted by Gasteiger charge is 1.95. The van der Waals surface area contributed by atoms with Crippen LogP contribution in [0.25, 0.3) is 0 Å². The van der Waals surface area contributed by atoms with Crippen molar-refractivity contribution in [2.24, 2.45) is 0 Å². The fraction of sp³-hybridized carbons (Fsp3) is 0.588. The van der Waals surface area contributed by atoms with Gasteiger partial charge in [0.1, 0.15) is 0 Å². The molecule has 0 bridgehead atoms. The van der Waals surface area contributed by atoms with Crippen LogP contribution in [-0.4, -0.2) is 32.1 Å². The van der Waals surface area contributed by atoms with Gasteiger partial charge in [-0.3, -0.25) is 0 Å². The van der Waals surface area contributed by atoms with E-state index in [0.717, 1.165) is 18.7 Å². The summed E-state index contributed by atoms with van der Waals surface area (Å²) in [4.78, 5) is 2.25. The first-order valence-electron chi connectivity index (χ1n) is 7.57. The van der Waals surface area contributed by atoms with Crippen molar-refractivity contribution < 1.29 is 0 Å². The summed E-state index contributed by atoms with van der Waals surface area (Å²) in [7, 11) is 4.26. The Labute approximate surface area is 123 Å². The Hall–Kier alpha value is -1.37. The first-order chi connectivity index (χ1) is 9.72. The Morgan fingerprint density at radius 1 is 1.00 bits per heavy atom. The van der Waals surface area contributed by atoms with Gasteiger partial charge in [0, 0.05) is 6.54 Å². The molecule has 0 saturated carbocycles. The van der Waals surface area contributed by atoms with E-state index in [9.17, 15) is 0 Å². The molecule has 0 aliphatic heterocycles. The highest BCUT2D eigenvalue weighted by molar-refractivity contribution is 5.31. The maximum Gasteiger partial charge on any atom is 0.0991 e. The number of hydrogen-bond acceptors (Lipinski definition) is 3. The molecule has 0 atom stereocenters. The molecular formula is C17H27N3. The highest BCUT2D eigenvalue weighted by Crippen LogP contribution is 2.04. The van der Waals surface area contributed by atoms with Gasteiger partial charge in [-0.15, -0.1) is 0 Å². The van der Waals surface area contributed by atoms with E-state index in [1.807, 2.05) is 24.3 Å². The van der Waals surface area contributed by atoms with E-state index in [1.165, 1.54) is 44.2 Å². The van der Waals surface area contributed by atoms with Crippen LogP contribution in [0.5, 0.6) is 0 Å². The quantitative estimate of drug-likeness (QED) is 0.666. The monoisotopic (exact) mass is 273 g/mol. The second-order valence-corrected chi connectivity index (χ2v) is 5.56. The van der Waals surface area contributed by atoms with Crippen molar-refractivity contribution in [3.8, 4) is 6.07 Å². The lowest BCUT2D eigenvalue weighted by Gasteiger charge is -2.08. The minimum absolute atomic E-state index is 0.728. The fourth-order valence-electron chi connectivity index (χ4n) is 2.14. The van der Waals surface area contributed by atoms with Gasteiger partial charge in [-0.1, -0.05) is 31.4 Å². The molecule has 3 heteroatoms. The minimum Gasteiger partial charge on any atom is -0.313 e. The number of hydrogen-bond donors (Lipinski definition) is 1. The summed E-state index contributed by atoms with van der Waals surface area (Å²) in [5.41, 5.74) is 1.97. The van der Waals surface area contributed by atoms with E-state index in [1.54, 1.807) is 0 Å². The van der Waals surface area contributed by atoms with Gasteiger partial charge in [0.15, 0.2) is 0 Å². The molecule has 3 nitrogen and oxygen atoms in total. The van der Waals surface area contributed by atoms with Crippen molar-refractivity contribution in [3.05, 3.63) is 35.4 Å². The third kappa shape index (κ3) is 7.93. The van der Waals surface area contributed by atoms with Crippen LogP contribution in [-0.2, 0) is 6.54 Å². The standard InChI is InChI=1S/C17H27N3/c1-20(2)13-7-5-3-4-6-12-19-15-17-10-8-16(14-18)9-11-17/h8-11,19H,3-7,12-13,15H2,1-2H3. The zero-order valence-electron chi connectivity index (χ0n) is 12.9. The summed E-state index contributed by atoms with van der Waals surface area (Å²) in [6, 6.07) is 9.93. The molecule has 0 aliphatic rings. The fourth-order valence-corrected chi connectivity index (χ4v) is 2.14. The zero-order chi connectivity index (χ0) is 14.6. The molecule has 0 saturated heterocycles. The first kappa shape index (κ1) is 16.7. The third-order valence-electron chi connectivity index (χ3n) is 3.37. The average Bonchev–Trinajstić information content (AvgIpc) is 2.46. The van der Waals surface area contributed by atoms with Crippen LogP contribution < -0.4 is 5.32 Å². The van der Waals surface area contributed by atoms with Crippen LogP contribution in [0.15, 0.2) is 24.3 Å². The van der Waals surface area contributed by atoms with Gasteiger partial charge in [-0.05, 0) is 57.7 Å². The normalized spacial score (nSPS) is 10.7. The van der Waals surface area contributed by atoms with E-state index in [4.69, 9.17) is 5.26 Å². The molecule has 0 amide bonds. The Balaban J connectivity index is 1.95. The van der Waals surface area contributed by atoms with Crippen LogP contribution in [0.2, 0.25) is 0 Å². The van der Waals surface area contributed by atoms with Crippen LogP contribution in [0.1, 0.15) is 43.2 Å². The summed E-state index contributed by atoms with van der Waals surface area (Å²) in [6.45, 7) is 3.18. The van der Waals surface area contributed by atoms with Crippen molar-refractivity contribution >= 4 is 0 Å². The number of rotatable bonds is 10. The predicted octanol–water partition coefficient (Wildman–Crippen LogP) is 3.16. The lowest BCUT2D eigenvalue weighted by atomic mass is 10.1. The molecule has 0 unspecified atom stereocenters. The van der Waals surface area contributed by atoms with Crippen molar-refractivity contribution in [2.45, 2.75) is 38.6 Å². The summed E-state index contributed by atoms with van der Waals surface area (Å²) < 4.78 is 0. The SMILES string of the molecule is CN(C)CCCCCCCNCc1ccc(C#N)cc1. The molecular weight excluding hydrogens is 246 g/mol. The van der Waals surface area contributed by atoms with Crippen molar-refractivity contribution in [3.63, 3.8) is 0 Å². The molecule has 110 valence electrons. The molecule has 1 N–H and O–H groups in total. The number of nitriles is 1. The van der Waals surface area contributed by atoms with Gasteiger partial charge in [0.05, 0.1) is 11.6 Å². The van der Waals surface area contributed by atoms with Crippen molar-refractivity contribution in [1.29, 1.82) is 5.26 Å². The number of nitrogens with zero attached hydrogens (tertiary/aromatic N) is 2. The van der Waals surface area contributed by atoms with E-state index in [0.29, 0.717) is 0 Å². The van der Waals surface area contributed by atoms with E-state index in [2.05, 4.69) is 30.4 Å². The van der Waals surface area contributed by atoms with E-state index >= 15 is 0 Å². The van der Waals surface area contributed by atoms with Gasteiger partial charge in [-0.25, -0.2) is 0 Å². The Bertz CT molecular complexity index is 390. The molecule has 1 aromatic rings. The van der Waals surface area contributed by atoms with Gasteiger partial charge < -0.3 is 10.2 Å². The van der Waals surface area contributed by atoms with Gasteiger partial charge in [-0.2, -0.15) is 5.26 Å². The third-order valence-corrected chi connectivity index (χ3v) is 3.37. The average molecular weight is 273 g/mol. The largest absolute Gasteiger partial charge is 0.313 e. The summed E-state index contributed by atoms with van der Waals surface area (Å²) >= 11 is 0. The smallest absolute Gasteiger partial charge is 0.0991 e. The topological polar surface area (TPSA) is 39.1 Å². The number of nitrogens with one attached hydrogen (secondary N) is 1. The van der Waals surface area contributed by atoms with E-state index in [-0.39, 0.29) is 0 Å². The molecule has 0 fully saturated rings. The Kier molecular flexibility index (Phi) is 8.69. The number of unbranched alkanes of at least 4 members (excludes halogenated alkanes) is 4. The summed E-state index contributed by atoms with van der Waals surface area (Å²) in [5.74, 6) is 0. The van der Waals surface area contributed by atoms with Crippen LogP contribution in [0.3, 0.4) is 0 Å². The first-order valence-corrected chi connectivity index (χ1v) is 7.57. The Morgan fingerprint density at radius 2 is 1.65 bits per heavy atom. The second-order valence-electron chi connectivity index (χ2n) is 5.56. The second kappa shape index (κ2) is 10.4. The summed E-state index contributed by atoms with van der Waals surface area (Å²) in [5, 5.41) is 12.2. The van der Waals surface area contributed by atoms with Gasteiger partial charge in [0.25, 0.3) is 0 Å². The molecule has 1 rings (SSSR count). The van der Waals surface area contributed by atoms with Crippen molar-refractivity contribution in [1.82, 2.24) is 10.2 Å². The number of benzene rings is 1. The molecule has 0 heterocycles. The van der Waals surface area contributed by atoms with E-state index < -0.39 is 0 Å². The highest BCUT2D eigenvalue weighted by atomic mass is 15.0. The van der Waals surface area contributed by atoms with Crippen LogP contribution in [0, 0.1) is 11.3 Å². The lowest BCUT2D eigenvalue weighted by Crippen LogP contribution is -2.14. The molecule has 0 spiro atoms. The predicted molar refractivity (Wildman–Crippen MR) is 84.5 cm³/mol. The van der Waals surface area contributed by atoms with Gasteiger partial charge >= 0.3 is 0 Å². The maximum absolute atomic E-state index is 8.73. The van der Waals surface area contributed by atoms with Gasteiger partial charge in [0.2, 0.25) is 0 Å². The zero-order valence-corrected chi connectivity index (χ0v) is 12.9. The van der Waals surface area contributed by atoms with Crippen LogP contribution >= 0.6 is 0 Å². The Morgan fingerprint density at radius 3 is 2.30 bits per heavy atom. The molecule has 20 heavy (non-hydrogen) atoms. The maximum atomic E-state index is 8.73. The molecule has 0 aliphatic carbocycles. The van der Waals surface area contributed by atoms with Crippen molar-refractivity contribution in [2.75, 3.05) is 27.2 Å². The van der Waals surface area contributed by atoms with Crippen LogP contribution in [0.4, 0.5) is 0 Å². The molecule has 0 aromatic heterocycles.